The third-order valence-corrected chi connectivity index (χ3v) is 3.82. The van der Waals surface area contributed by atoms with E-state index in [2.05, 4.69) is 35.2 Å². The molecule has 1 N–H and O–H groups in total. The Morgan fingerprint density at radius 3 is 2.90 bits per heavy atom. The van der Waals surface area contributed by atoms with E-state index in [1.54, 1.807) is 11.7 Å². The molecule has 2 rings (SSSR count). The largest absolute Gasteiger partial charge is 0.481 e. The number of aromatic nitrogens is 3. The zero-order valence-electron chi connectivity index (χ0n) is 11.5. The van der Waals surface area contributed by atoms with Crippen LogP contribution in [0, 0.1) is 6.92 Å². The van der Waals surface area contributed by atoms with E-state index in [-0.39, 0.29) is 5.75 Å². The van der Waals surface area contributed by atoms with Crippen LogP contribution in [0.1, 0.15) is 17.0 Å². The molecule has 2 aromatic rings. The van der Waals surface area contributed by atoms with Crippen molar-refractivity contribution in [2.75, 3.05) is 5.75 Å². The fourth-order valence-corrected chi connectivity index (χ4v) is 2.55. The van der Waals surface area contributed by atoms with Gasteiger partial charge in [0.25, 0.3) is 0 Å². The maximum Gasteiger partial charge on any atom is 0.313 e. The zero-order valence-corrected chi connectivity index (χ0v) is 12.4. The molecule has 106 valence electrons. The van der Waals surface area contributed by atoms with Crippen molar-refractivity contribution in [2.24, 2.45) is 7.05 Å². The summed E-state index contributed by atoms with van der Waals surface area (Å²) in [5, 5.41) is 13.6. The van der Waals surface area contributed by atoms with Crippen molar-refractivity contribution in [3.05, 3.63) is 41.2 Å². The Morgan fingerprint density at radius 2 is 2.20 bits per heavy atom. The molecule has 20 heavy (non-hydrogen) atoms. The average Bonchev–Trinajstić information content (AvgIpc) is 2.75. The molecule has 0 aliphatic carbocycles. The van der Waals surface area contributed by atoms with Crippen LogP contribution in [-0.4, -0.2) is 31.6 Å². The van der Waals surface area contributed by atoms with Crippen molar-refractivity contribution in [1.82, 2.24) is 14.8 Å². The molecule has 0 atom stereocenters. The van der Waals surface area contributed by atoms with Gasteiger partial charge in [-0.25, -0.2) is 9.67 Å². The normalized spacial score (nSPS) is 10.7. The number of benzene rings is 1. The smallest absolute Gasteiger partial charge is 0.313 e. The second-order valence-electron chi connectivity index (χ2n) is 4.61. The van der Waals surface area contributed by atoms with Crippen LogP contribution in [0.3, 0.4) is 0 Å². The molecule has 5 nitrogen and oxygen atoms in total. The Balaban J connectivity index is 1.96. The van der Waals surface area contributed by atoms with E-state index in [4.69, 9.17) is 5.11 Å². The van der Waals surface area contributed by atoms with Gasteiger partial charge in [0.05, 0.1) is 5.75 Å². The SMILES string of the molecule is Cc1cccc(CCc2nc(SCC(=O)O)n(C)n2)c1. The summed E-state index contributed by atoms with van der Waals surface area (Å²) in [5.41, 5.74) is 2.51. The Kier molecular flexibility index (Phi) is 4.79. The van der Waals surface area contributed by atoms with Crippen LogP contribution in [0.4, 0.5) is 0 Å². The number of carboxylic acid groups (broad SMARTS) is 1. The van der Waals surface area contributed by atoms with Gasteiger partial charge in [-0.1, -0.05) is 41.6 Å². The number of aryl methyl sites for hydroxylation is 4. The summed E-state index contributed by atoms with van der Waals surface area (Å²) in [6.07, 6.45) is 1.64. The number of nitrogens with zero attached hydrogens (tertiary/aromatic N) is 3. The van der Waals surface area contributed by atoms with Gasteiger partial charge >= 0.3 is 5.97 Å². The highest BCUT2D eigenvalue weighted by Crippen LogP contribution is 2.15. The van der Waals surface area contributed by atoms with Gasteiger partial charge in [0.1, 0.15) is 0 Å². The summed E-state index contributed by atoms with van der Waals surface area (Å²) in [5.74, 6) is -0.0923. The molecule has 0 aliphatic rings. The van der Waals surface area contributed by atoms with E-state index >= 15 is 0 Å². The molecule has 1 aromatic heterocycles. The van der Waals surface area contributed by atoms with Crippen LogP contribution >= 0.6 is 11.8 Å². The summed E-state index contributed by atoms with van der Waals surface area (Å²) in [6.45, 7) is 2.07. The third kappa shape index (κ3) is 4.09. The lowest BCUT2D eigenvalue weighted by atomic mass is 10.1. The van der Waals surface area contributed by atoms with E-state index in [9.17, 15) is 4.79 Å². The number of aliphatic carboxylic acids is 1. The van der Waals surface area contributed by atoms with Gasteiger partial charge < -0.3 is 5.11 Å². The molecule has 0 aliphatic heterocycles. The Morgan fingerprint density at radius 1 is 1.40 bits per heavy atom. The number of carbonyl (C=O) groups is 1. The van der Waals surface area contributed by atoms with E-state index in [1.807, 2.05) is 6.07 Å². The summed E-state index contributed by atoms with van der Waals surface area (Å²) < 4.78 is 1.64. The quantitative estimate of drug-likeness (QED) is 0.825. The molecule has 1 aromatic carbocycles. The summed E-state index contributed by atoms with van der Waals surface area (Å²) in [4.78, 5) is 14.9. The molecule has 0 bridgehead atoms. The molecular weight excluding hydrogens is 274 g/mol. The van der Waals surface area contributed by atoms with Gasteiger partial charge in [-0.3, -0.25) is 4.79 Å². The predicted octanol–water partition coefficient (Wildman–Crippen LogP) is 2.09. The number of thioether (sulfide) groups is 1. The second-order valence-corrected chi connectivity index (χ2v) is 5.55. The molecule has 0 fully saturated rings. The van der Waals surface area contributed by atoms with Gasteiger partial charge in [0, 0.05) is 13.5 Å². The van der Waals surface area contributed by atoms with E-state index in [0.29, 0.717) is 5.16 Å². The first-order valence-electron chi connectivity index (χ1n) is 6.34. The first kappa shape index (κ1) is 14.6. The maximum atomic E-state index is 10.6. The Bertz CT molecular complexity index is 610. The second kappa shape index (κ2) is 6.56. The molecule has 0 amide bonds. The maximum absolute atomic E-state index is 10.6. The lowest BCUT2D eigenvalue weighted by Crippen LogP contribution is -2.00. The highest BCUT2D eigenvalue weighted by molar-refractivity contribution is 7.99. The van der Waals surface area contributed by atoms with E-state index in [0.717, 1.165) is 18.7 Å². The third-order valence-electron chi connectivity index (χ3n) is 2.81. The lowest BCUT2D eigenvalue weighted by molar-refractivity contribution is -0.133. The van der Waals surface area contributed by atoms with E-state index < -0.39 is 5.97 Å². The van der Waals surface area contributed by atoms with Gasteiger partial charge in [0.15, 0.2) is 11.0 Å². The minimum Gasteiger partial charge on any atom is -0.481 e. The standard InChI is InChI=1S/C14H17N3O2S/c1-10-4-3-5-11(8-10)6-7-12-15-14(17(2)16-12)20-9-13(18)19/h3-5,8H,6-7,9H2,1-2H3,(H,18,19). The molecular formula is C14H17N3O2S. The molecule has 0 spiro atoms. The fourth-order valence-electron chi connectivity index (χ4n) is 1.90. The van der Waals surface area contributed by atoms with Crippen LogP contribution < -0.4 is 0 Å². The summed E-state index contributed by atoms with van der Waals surface area (Å²) in [7, 11) is 1.79. The van der Waals surface area contributed by atoms with Crippen molar-refractivity contribution in [1.29, 1.82) is 0 Å². The first-order chi connectivity index (χ1) is 9.54. The lowest BCUT2D eigenvalue weighted by Gasteiger charge is -1.99. The van der Waals surface area contributed by atoms with Crippen LogP contribution in [0.2, 0.25) is 0 Å². The molecule has 0 radical (unpaired) electrons. The molecule has 0 unspecified atom stereocenters. The minimum atomic E-state index is -0.848. The van der Waals surface area contributed by atoms with Crippen molar-refractivity contribution < 1.29 is 9.90 Å². The monoisotopic (exact) mass is 291 g/mol. The Hall–Kier alpha value is -1.82. The van der Waals surface area contributed by atoms with E-state index in [1.165, 1.54) is 22.9 Å². The highest BCUT2D eigenvalue weighted by atomic mass is 32.2. The average molecular weight is 291 g/mol. The van der Waals surface area contributed by atoms with Crippen LogP contribution in [0.25, 0.3) is 0 Å². The van der Waals surface area contributed by atoms with Crippen molar-refractivity contribution in [2.45, 2.75) is 24.9 Å². The van der Waals surface area contributed by atoms with Crippen molar-refractivity contribution in [3.8, 4) is 0 Å². The van der Waals surface area contributed by atoms with Gasteiger partial charge in [-0.05, 0) is 18.9 Å². The number of rotatable bonds is 6. The molecule has 0 saturated carbocycles. The van der Waals surface area contributed by atoms with Crippen LogP contribution in [0.15, 0.2) is 29.4 Å². The van der Waals surface area contributed by atoms with Crippen LogP contribution in [0.5, 0.6) is 0 Å². The predicted molar refractivity (Wildman–Crippen MR) is 77.9 cm³/mol. The Labute approximate surface area is 122 Å². The number of hydrogen-bond donors (Lipinski definition) is 1. The van der Waals surface area contributed by atoms with Crippen molar-refractivity contribution >= 4 is 17.7 Å². The number of carboxylic acids is 1. The number of hydrogen-bond acceptors (Lipinski definition) is 4. The van der Waals surface area contributed by atoms with Crippen LogP contribution in [-0.2, 0) is 24.7 Å². The fraction of sp³-hybridized carbons (Fsp3) is 0.357. The highest BCUT2D eigenvalue weighted by Gasteiger charge is 2.09. The summed E-state index contributed by atoms with van der Waals surface area (Å²) in [6, 6.07) is 8.37. The topological polar surface area (TPSA) is 68.0 Å². The first-order valence-corrected chi connectivity index (χ1v) is 7.33. The molecule has 6 heteroatoms. The van der Waals surface area contributed by atoms with Gasteiger partial charge in [-0.2, -0.15) is 5.10 Å². The zero-order chi connectivity index (χ0) is 14.5. The van der Waals surface area contributed by atoms with Gasteiger partial charge in [0.2, 0.25) is 0 Å². The van der Waals surface area contributed by atoms with Crippen molar-refractivity contribution in [3.63, 3.8) is 0 Å². The molecule has 1 heterocycles. The van der Waals surface area contributed by atoms with Gasteiger partial charge in [-0.15, -0.1) is 0 Å². The molecule has 0 saturated heterocycles. The minimum absolute atomic E-state index is 0.00382. The summed E-state index contributed by atoms with van der Waals surface area (Å²) >= 11 is 1.19.